The number of hydrogen-bond acceptors (Lipinski definition) is 4. The minimum atomic E-state index is -4.58. The first-order valence-corrected chi connectivity index (χ1v) is 14.0. The van der Waals surface area contributed by atoms with Gasteiger partial charge < -0.3 is 10.6 Å². The molecule has 7 nitrogen and oxygen atoms in total. The third kappa shape index (κ3) is 5.84. The molecule has 0 saturated heterocycles. The molecule has 0 atom stereocenters. The van der Waals surface area contributed by atoms with E-state index in [1.165, 1.54) is 24.5 Å². The molecule has 0 aliphatic carbocycles. The van der Waals surface area contributed by atoms with Gasteiger partial charge in [0.05, 0.1) is 28.0 Å². The van der Waals surface area contributed by atoms with Crippen molar-refractivity contribution in [2.45, 2.75) is 17.6 Å². The van der Waals surface area contributed by atoms with E-state index in [2.05, 4.69) is 15.6 Å². The standard InChI is InChI=1S/C29H23F3N4O3S/c1-40(38,39)23-12-10-20(11-13-23)22-14-15-36-26(18-33-27(36)16-22)21-8-6-19(7-9-21)17-34-28(37)35-25-5-3-2-4-24(25)29(30,31)32/h2-16,18H,17H2,1H3,(H2,34,35,37). The molecule has 0 bridgehead atoms. The number of fused-ring (bicyclic) bond motifs is 1. The van der Waals surface area contributed by atoms with Gasteiger partial charge in [0.15, 0.2) is 9.84 Å². The number of amides is 2. The molecule has 0 aliphatic rings. The fourth-order valence-electron chi connectivity index (χ4n) is 4.25. The van der Waals surface area contributed by atoms with Gasteiger partial charge in [-0.1, -0.05) is 48.5 Å². The number of urea groups is 1. The summed E-state index contributed by atoms with van der Waals surface area (Å²) in [5.41, 5.74) is 3.71. The second-order valence-corrected chi connectivity index (χ2v) is 11.1. The maximum atomic E-state index is 13.2. The molecule has 204 valence electrons. The second kappa shape index (κ2) is 10.5. The van der Waals surface area contributed by atoms with Crippen molar-refractivity contribution < 1.29 is 26.4 Å². The summed E-state index contributed by atoms with van der Waals surface area (Å²) in [5.74, 6) is 0. The van der Waals surface area contributed by atoms with E-state index in [0.717, 1.165) is 34.0 Å². The van der Waals surface area contributed by atoms with Gasteiger partial charge in [-0.15, -0.1) is 0 Å². The molecule has 0 radical (unpaired) electrons. The molecule has 0 saturated carbocycles. The number of rotatable bonds is 6. The molecule has 5 aromatic rings. The van der Waals surface area contributed by atoms with Crippen LogP contribution in [-0.2, 0) is 22.6 Å². The van der Waals surface area contributed by atoms with Crippen LogP contribution in [-0.4, -0.2) is 30.1 Å². The maximum Gasteiger partial charge on any atom is 0.418 e. The highest BCUT2D eigenvalue weighted by atomic mass is 32.2. The molecule has 5 rings (SSSR count). The average Bonchev–Trinajstić information content (AvgIpc) is 3.35. The lowest BCUT2D eigenvalue weighted by Crippen LogP contribution is -2.29. The predicted molar refractivity (Wildman–Crippen MR) is 146 cm³/mol. The third-order valence-electron chi connectivity index (χ3n) is 6.31. The number of sulfone groups is 1. The van der Waals surface area contributed by atoms with Crippen molar-refractivity contribution in [1.82, 2.24) is 14.7 Å². The SMILES string of the molecule is CS(=O)(=O)c1ccc(-c2ccn3c(-c4ccc(CNC(=O)Nc5ccccc5C(F)(F)F)cc4)cnc3c2)cc1. The lowest BCUT2D eigenvalue weighted by molar-refractivity contribution is -0.136. The molecule has 2 N–H and O–H groups in total. The molecule has 11 heteroatoms. The zero-order chi connectivity index (χ0) is 28.5. The van der Waals surface area contributed by atoms with Crippen molar-refractivity contribution in [3.05, 3.63) is 108 Å². The summed E-state index contributed by atoms with van der Waals surface area (Å²) >= 11 is 0. The van der Waals surface area contributed by atoms with Gasteiger partial charge in [-0.25, -0.2) is 18.2 Å². The van der Waals surface area contributed by atoms with Gasteiger partial charge in [-0.2, -0.15) is 13.2 Å². The number of nitrogens with one attached hydrogen (secondary N) is 2. The average molecular weight is 565 g/mol. The van der Waals surface area contributed by atoms with Gasteiger partial charge in [0.1, 0.15) is 5.65 Å². The van der Waals surface area contributed by atoms with E-state index in [9.17, 15) is 26.4 Å². The lowest BCUT2D eigenvalue weighted by Gasteiger charge is -2.14. The van der Waals surface area contributed by atoms with E-state index < -0.39 is 27.6 Å². The molecular formula is C29H23F3N4O3S. The Labute approximate surface area is 228 Å². The quantitative estimate of drug-likeness (QED) is 0.249. The highest BCUT2D eigenvalue weighted by Gasteiger charge is 2.33. The van der Waals surface area contributed by atoms with Crippen LogP contribution in [0.5, 0.6) is 0 Å². The molecule has 0 fully saturated rings. The van der Waals surface area contributed by atoms with Crippen LogP contribution in [0.25, 0.3) is 28.0 Å². The number of carbonyl (C=O) groups excluding carboxylic acids is 1. The Hall–Kier alpha value is -4.64. The normalized spacial score (nSPS) is 11.9. The highest BCUT2D eigenvalue weighted by Crippen LogP contribution is 2.34. The highest BCUT2D eigenvalue weighted by molar-refractivity contribution is 7.90. The zero-order valence-electron chi connectivity index (χ0n) is 21.1. The largest absolute Gasteiger partial charge is 0.418 e. The number of nitrogens with zero attached hydrogens (tertiary/aromatic N) is 2. The Kier molecular flexibility index (Phi) is 7.07. The van der Waals surface area contributed by atoms with Gasteiger partial charge in [0.25, 0.3) is 0 Å². The Morgan fingerprint density at radius 1 is 0.900 bits per heavy atom. The van der Waals surface area contributed by atoms with Crippen molar-refractivity contribution in [3.8, 4) is 22.4 Å². The van der Waals surface area contributed by atoms with Crippen LogP contribution in [0, 0.1) is 0 Å². The number of imidazole rings is 1. The Morgan fingerprint density at radius 2 is 1.57 bits per heavy atom. The fourth-order valence-corrected chi connectivity index (χ4v) is 4.88. The number of para-hydroxylation sites is 1. The minimum Gasteiger partial charge on any atom is -0.334 e. The van der Waals surface area contributed by atoms with Crippen LogP contribution < -0.4 is 10.6 Å². The van der Waals surface area contributed by atoms with Crippen molar-refractivity contribution in [2.75, 3.05) is 11.6 Å². The summed E-state index contributed by atoms with van der Waals surface area (Å²) in [5, 5.41) is 4.83. The molecule has 0 spiro atoms. The zero-order valence-corrected chi connectivity index (χ0v) is 21.9. The number of anilines is 1. The van der Waals surface area contributed by atoms with Gasteiger partial charge in [0.2, 0.25) is 0 Å². The molecule has 0 aliphatic heterocycles. The van der Waals surface area contributed by atoms with Crippen LogP contribution in [0.15, 0.2) is 102 Å². The first-order chi connectivity index (χ1) is 19.0. The fraction of sp³-hybridized carbons (Fsp3) is 0.103. The number of hydrogen-bond donors (Lipinski definition) is 2. The first-order valence-electron chi connectivity index (χ1n) is 12.1. The third-order valence-corrected chi connectivity index (χ3v) is 7.44. The van der Waals surface area contributed by atoms with Crippen LogP contribution in [0.4, 0.5) is 23.7 Å². The van der Waals surface area contributed by atoms with E-state index >= 15 is 0 Å². The van der Waals surface area contributed by atoms with E-state index in [4.69, 9.17) is 0 Å². The van der Waals surface area contributed by atoms with Crippen molar-refractivity contribution in [3.63, 3.8) is 0 Å². The van der Waals surface area contributed by atoms with Crippen LogP contribution in [0.3, 0.4) is 0 Å². The number of pyridine rings is 1. The number of carbonyl (C=O) groups is 1. The van der Waals surface area contributed by atoms with E-state index in [1.807, 2.05) is 47.0 Å². The summed E-state index contributed by atoms with van der Waals surface area (Å²) in [6.45, 7) is 0.120. The molecule has 2 heterocycles. The maximum absolute atomic E-state index is 13.2. The molecule has 2 aromatic heterocycles. The first kappa shape index (κ1) is 26.9. The lowest BCUT2D eigenvalue weighted by atomic mass is 10.1. The number of aromatic nitrogens is 2. The summed E-state index contributed by atoms with van der Waals surface area (Å²) in [6.07, 6.45) is 0.216. The minimum absolute atomic E-state index is 0.120. The molecular weight excluding hydrogens is 541 g/mol. The molecule has 40 heavy (non-hydrogen) atoms. The monoisotopic (exact) mass is 564 g/mol. The Bertz CT molecular complexity index is 1800. The van der Waals surface area contributed by atoms with E-state index in [1.54, 1.807) is 30.5 Å². The Morgan fingerprint density at radius 3 is 2.25 bits per heavy atom. The van der Waals surface area contributed by atoms with Gasteiger partial charge >= 0.3 is 12.2 Å². The van der Waals surface area contributed by atoms with E-state index in [-0.39, 0.29) is 17.1 Å². The van der Waals surface area contributed by atoms with Crippen molar-refractivity contribution in [2.24, 2.45) is 0 Å². The van der Waals surface area contributed by atoms with Gasteiger partial charge in [-0.3, -0.25) is 4.40 Å². The molecule has 0 unspecified atom stereocenters. The topological polar surface area (TPSA) is 92.6 Å². The summed E-state index contributed by atoms with van der Waals surface area (Å²) < 4.78 is 64.8. The van der Waals surface area contributed by atoms with E-state index in [0.29, 0.717) is 5.65 Å². The summed E-state index contributed by atoms with van der Waals surface area (Å²) in [6, 6.07) is 21.9. The second-order valence-electron chi connectivity index (χ2n) is 9.13. The smallest absolute Gasteiger partial charge is 0.334 e. The van der Waals surface area contributed by atoms with Crippen molar-refractivity contribution in [1.29, 1.82) is 0 Å². The van der Waals surface area contributed by atoms with Crippen LogP contribution in [0.1, 0.15) is 11.1 Å². The predicted octanol–water partition coefficient (Wildman–Crippen LogP) is 6.41. The molecule has 3 aromatic carbocycles. The summed E-state index contributed by atoms with van der Waals surface area (Å²) in [7, 11) is -3.27. The van der Waals surface area contributed by atoms with Crippen LogP contribution >= 0.6 is 0 Å². The number of alkyl halides is 3. The van der Waals surface area contributed by atoms with Gasteiger partial charge in [-0.05, 0) is 53.1 Å². The van der Waals surface area contributed by atoms with Crippen molar-refractivity contribution >= 4 is 27.2 Å². The number of halogens is 3. The Balaban J connectivity index is 1.26. The van der Waals surface area contributed by atoms with Gasteiger partial charge in [0, 0.05) is 24.6 Å². The summed E-state index contributed by atoms with van der Waals surface area (Å²) in [4.78, 5) is 17.0. The number of benzene rings is 3. The molecule has 2 amide bonds. The van der Waals surface area contributed by atoms with Crippen LogP contribution in [0.2, 0.25) is 0 Å².